The van der Waals surface area contributed by atoms with Gasteiger partial charge in [-0.15, -0.1) is 0 Å². The van der Waals surface area contributed by atoms with Gasteiger partial charge in [0.05, 0.1) is 24.2 Å². The Morgan fingerprint density at radius 3 is 2.43 bits per heavy atom. The van der Waals surface area contributed by atoms with Gasteiger partial charge in [0.1, 0.15) is 41.9 Å². The largest absolute Gasteiger partial charge is 0.492 e. The fourth-order valence-corrected chi connectivity index (χ4v) is 5.39. The minimum atomic E-state index is -4.82. The maximum Gasteiger partial charge on any atom is 0.417 e. The molecule has 3 atom stereocenters. The van der Waals surface area contributed by atoms with E-state index >= 15 is 4.39 Å². The van der Waals surface area contributed by atoms with Crippen molar-refractivity contribution in [3.8, 4) is 28.4 Å². The number of rotatable bonds is 9. The van der Waals surface area contributed by atoms with Gasteiger partial charge in [-0.3, -0.25) is 4.79 Å². The predicted octanol–water partition coefficient (Wildman–Crippen LogP) is 6.04. The summed E-state index contributed by atoms with van der Waals surface area (Å²) in [6, 6.07) is 11.2. The highest BCUT2D eigenvalue weighted by Gasteiger charge is 2.40. The third-order valence-corrected chi connectivity index (χ3v) is 7.64. The van der Waals surface area contributed by atoms with Crippen LogP contribution in [0.5, 0.6) is 17.2 Å². The first kappa shape index (κ1) is 29.7. The lowest BCUT2D eigenvalue weighted by Crippen LogP contribution is -2.40. The molecule has 0 spiro atoms. The van der Waals surface area contributed by atoms with Crippen molar-refractivity contribution in [3.05, 3.63) is 76.6 Å². The van der Waals surface area contributed by atoms with Crippen LogP contribution in [0, 0.1) is 5.82 Å². The molecule has 1 aliphatic heterocycles. The molecule has 0 amide bonds. The van der Waals surface area contributed by atoms with Crippen molar-refractivity contribution < 1.29 is 51.9 Å². The summed E-state index contributed by atoms with van der Waals surface area (Å²) in [6.07, 6.45) is -6.55. The lowest BCUT2D eigenvalue weighted by atomic mass is 9.91. The van der Waals surface area contributed by atoms with Crippen LogP contribution >= 0.6 is 0 Å². The Hall–Kier alpha value is -3.83. The summed E-state index contributed by atoms with van der Waals surface area (Å²) in [6.45, 7) is 2.82. The molecule has 7 nitrogen and oxygen atoms in total. The van der Waals surface area contributed by atoms with E-state index in [1.54, 1.807) is 18.2 Å². The standard InChI is InChI=1S/C31H30F4O7/c1-30(2,39)26(36)15-40-18-5-3-16(4-6-18)28-21-9-10-24(29(21)23(32)13-22(28)31(33,34)35)42-19-7-8-20-17(11-27(37)38)14-41-25(20)12-19/h3-8,12-13,17,24,26,36,39H,9-11,14-15H2,1-2H3,(H,37,38)/t17-,24-,26+/m1/s1. The van der Waals surface area contributed by atoms with Crippen molar-refractivity contribution in [2.24, 2.45) is 0 Å². The number of carboxylic acids is 1. The zero-order chi connectivity index (χ0) is 30.4. The average molecular weight is 591 g/mol. The zero-order valence-electron chi connectivity index (χ0n) is 22.9. The molecule has 0 aromatic heterocycles. The number of aliphatic hydroxyl groups excluding tert-OH is 1. The molecule has 42 heavy (non-hydrogen) atoms. The van der Waals surface area contributed by atoms with Gasteiger partial charge in [-0.1, -0.05) is 18.2 Å². The topological polar surface area (TPSA) is 105 Å². The van der Waals surface area contributed by atoms with Crippen molar-refractivity contribution in [2.75, 3.05) is 13.2 Å². The normalized spacial score (nSPS) is 18.7. The minimum absolute atomic E-state index is 0.0526. The van der Waals surface area contributed by atoms with Gasteiger partial charge in [-0.25, -0.2) is 4.39 Å². The number of alkyl halides is 3. The van der Waals surface area contributed by atoms with Crippen molar-refractivity contribution in [1.29, 1.82) is 0 Å². The maximum absolute atomic E-state index is 15.3. The molecule has 224 valence electrons. The molecule has 2 aliphatic rings. The van der Waals surface area contributed by atoms with E-state index in [0.29, 0.717) is 17.6 Å². The number of hydrogen-bond acceptors (Lipinski definition) is 6. The van der Waals surface area contributed by atoms with E-state index in [2.05, 4.69) is 0 Å². The quantitative estimate of drug-likeness (QED) is 0.261. The molecule has 0 bridgehead atoms. The summed E-state index contributed by atoms with van der Waals surface area (Å²) >= 11 is 0. The van der Waals surface area contributed by atoms with Crippen molar-refractivity contribution in [2.45, 2.75) is 63.0 Å². The van der Waals surface area contributed by atoms with E-state index in [-0.39, 0.29) is 66.4 Å². The Morgan fingerprint density at radius 1 is 1.10 bits per heavy atom. The Kier molecular flexibility index (Phi) is 7.84. The smallest absolute Gasteiger partial charge is 0.417 e. The number of aliphatic carboxylic acids is 1. The predicted molar refractivity (Wildman–Crippen MR) is 143 cm³/mol. The first-order chi connectivity index (χ1) is 19.7. The minimum Gasteiger partial charge on any atom is -0.492 e. The molecule has 3 N–H and O–H groups in total. The number of carbonyl (C=O) groups is 1. The third-order valence-electron chi connectivity index (χ3n) is 7.64. The van der Waals surface area contributed by atoms with Crippen molar-refractivity contribution >= 4 is 5.97 Å². The Labute approximate surface area is 239 Å². The lowest BCUT2D eigenvalue weighted by Gasteiger charge is -2.24. The number of aliphatic hydroxyl groups is 2. The van der Waals surface area contributed by atoms with E-state index in [1.807, 2.05) is 0 Å². The highest BCUT2D eigenvalue weighted by Crippen LogP contribution is 2.48. The van der Waals surface area contributed by atoms with E-state index in [4.69, 9.17) is 19.3 Å². The van der Waals surface area contributed by atoms with Crippen LogP contribution in [0.25, 0.3) is 11.1 Å². The number of ether oxygens (including phenoxy) is 3. The second kappa shape index (κ2) is 11.1. The highest BCUT2D eigenvalue weighted by molar-refractivity contribution is 5.75. The second-order valence-electron chi connectivity index (χ2n) is 11.1. The fourth-order valence-electron chi connectivity index (χ4n) is 5.39. The van der Waals surface area contributed by atoms with E-state index < -0.39 is 41.3 Å². The summed E-state index contributed by atoms with van der Waals surface area (Å²) in [4.78, 5) is 11.1. The monoisotopic (exact) mass is 590 g/mol. The lowest BCUT2D eigenvalue weighted by molar-refractivity contribution is -0.138. The van der Waals surface area contributed by atoms with Gasteiger partial charge < -0.3 is 29.5 Å². The third kappa shape index (κ3) is 6.03. The van der Waals surface area contributed by atoms with Gasteiger partial charge in [0.2, 0.25) is 0 Å². The molecule has 3 aromatic rings. The van der Waals surface area contributed by atoms with E-state index in [1.165, 1.54) is 38.1 Å². The van der Waals surface area contributed by atoms with Crippen LogP contribution in [0.1, 0.15) is 61.0 Å². The molecular formula is C31H30F4O7. The van der Waals surface area contributed by atoms with Crippen LogP contribution in [0.2, 0.25) is 0 Å². The molecule has 5 rings (SSSR count). The molecule has 1 aliphatic carbocycles. The van der Waals surface area contributed by atoms with Crippen molar-refractivity contribution in [1.82, 2.24) is 0 Å². The van der Waals surface area contributed by atoms with Crippen LogP contribution in [-0.2, 0) is 17.4 Å². The molecule has 0 unspecified atom stereocenters. The van der Waals surface area contributed by atoms with E-state index in [9.17, 15) is 28.2 Å². The van der Waals surface area contributed by atoms with Crippen LogP contribution in [0.3, 0.4) is 0 Å². The van der Waals surface area contributed by atoms with Crippen molar-refractivity contribution in [3.63, 3.8) is 0 Å². The van der Waals surface area contributed by atoms with Gasteiger partial charge in [-0.05, 0) is 67.6 Å². The first-order valence-electron chi connectivity index (χ1n) is 13.4. The van der Waals surface area contributed by atoms with E-state index in [0.717, 1.165) is 5.56 Å². The summed E-state index contributed by atoms with van der Waals surface area (Å²) in [7, 11) is 0. The van der Waals surface area contributed by atoms with Crippen LogP contribution in [-0.4, -0.2) is 46.2 Å². The Balaban J connectivity index is 1.43. The summed E-state index contributed by atoms with van der Waals surface area (Å²) < 4.78 is 74.9. The highest BCUT2D eigenvalue weighted by atomic mass is 19.4. The van der Waals surface area contributed by atoms with Crippen LogP contribution in [0.15, 0.2) is 48.5 Å². The molecule has 0 fully saturated rings. The molecule has 0 radical (unpaired) electrons. The second-order valence-corrected chi connectivity index (χ2v) is 11.1. The van der Waals surface area contributed by atoms with Gasteiger partial charge in [0.15, 0.2) is 0 Å². The Morgan fingerprint density at radius 2 is 1.79 bits per heavy atom. The number of hydrogen-bond donors (Lipinski definition) is 3. The Bertz CT molecular complexity index is 1480. The van der Waals surface area contributed by atoms with Crippen LogP contribution < -0.4 is 14.2 Å². The first-order valence-corrected chi connectivity index (χ1v) is 13.4. The van der Waals surface area contributed by atoms with Crippen LogP contribution in [0.4, 0.5) is 17.6 Å². The summed E-state index contributed by atoms with van der Waals surface area (Å²) in [5.74, 6) is -1.19. The number of carboxylic acid groups (broad SMARTS) is 1. The number of halogens is 4. The average Bonchev–Trinajstić information content (AvgIpc) is 3.50. The molecule has 3 aromatic carbocycles. The zero-order valence-corrected chi connectivity index (χ0v) is 22.9. The number of benzene rings is 3. The maximum atomic E-state index is 15.3. The molecular weight excluding hydrogens is 560 g/mol. The molecule has 0 saturated carbocycles. The summed E-state index contributed by atoms with van der Waals surface area (Å²) in [5.41, 5.74) is -1.44. The summed E-state index contributed by atoms with van der Waals surface area (Å²) in [5, 5.41) is 29.0. The fraction of sp³-hybridized carbons (Fsp3) is 0.387. The number of fused-ring (bicyclic) bond motifs is 2. The molecule has 1 heterocycles. The molecule has 0 saturated heterocycles. The SMILES string of the molecule is CC(C)(O)[C@@H](O)COc1ccc(-c2c(C(F)(F)F)cc(F)c3c2CC[C@H]3Oc2ccc3c(c2)OC[C@H]3CC(=O)O)cc1. The van der Waals surface area contributed by atoms with Gasteiger partial charge in [0.25, 0.3) is 0 Å². The molecule has 11 heteroatoms. The van der Waals surface area contributed by atoms with Gasteiger partial charge in [0, 0.05) is 23.1 Å². The van der Waals surface area contributed by atoms with Gasteiger partial charge >= 0.3 is 12.1 Å². The van der Waals surface area contributed by atoms with Gasteiger partial charge in [-0.2, -0.15) is 13.2 Å².